The molecule has 1 saturated carbocycles. The first-order valence-corrected chi connectivity index (χ1v) is 12.2. The summed E-state index contributed by atoms with van der Waals surface area (Å²) in [6.45, 7) is 3.83. The van der Waals surface area contributed by atoms with Gasteiger partial charge in [-0.15, -0.1) is 0 Å². The Labute approximate surface area is 216 Å². The lowest BCUT2D eigenvalue weighted by Crippen LogP contribution is -2.23. The second-order valence-corrected chi connectivity index (χ2v) is 10.1. The van der Waals surface area contributed by atoms with Crippen molar-refractivity contribution in [2.75, 3.05) is 10.6 Å². The number of alkyl halides is 3. The molecule has 0 bridgehead atoms. The van der Waals surface area contributed by atoms with E-state index in [4.69, 9.17) is 11.6 Å². The number of rotatable bonds is 5. The van der Waals surface area contributed by atoms with Crippen molar-refractivity contribution in [1.82, 2.24) is 9.97 Å². The van der Waals surface area contributed by atoms with E-state index >= 15 is 0 Å². The summed E-state index contributed by atoms with van der Waals surface area (Å²) in [5, 5.41) is 5.90. The summed E-state index contributed by atoms with van der Waals surface area (Å²) in [5.74, 6) is -0.623. The smallest absolute Gasteiger partial charge is 0.341 e. The number of carbonyl (C=O) groups is 2. The van der Waals surface area contributed by atoms with Crippen LogP contribution in [0.1, 0.15) is 54.4 Å². The van der Waals surface area contributed by atoms with Gasteiger partial charge in [0, 0.05) is 27.4 Å². The van der Waals surface area contributed by atoms with Gasteiger partial charge in [-0.25, -0.2) is 4.98 Å². The Balaban J connectivity index is 1.54. The summed E-state index contributed by atoms with van der Waals surface area (Å²) < 4.78 is 40.5. The van der Waals surface area contributed by atoms with Gasteiger partial charge in [0.05, 0.1) is 16.7 Å². The molecule has 2 amide bonds. The van der Waals surface area contributed by atoms with Crippen LogP contribution in [0.5, 0.6) is 0 Å². The van der Waals surface area contributed by atoms with Crippen molar-refractivity contribution in [2.24, 2.45) is 0 Å². The van der Waals surface area contributed by atoms with E-state index in [0.717, 1.165) is 24.7 Å². The lowest BCUT2D eigenvalue weighted by atomic mass is 9.96. The molecule has 0 aliphatic heterocycles. The topological polar surface area (TPSA) is 86.9 Å². The predicted octanol–water partition coefficient (Wildman–Crippen LogP) is 6.98. The van der Waals surface area contributed by atoms with Gasteiger partial charge in [0.1, 0.15) is 11.3 Å². The molecule has 0 atom stereocenters. The zero-order chi connectivity index (χ0) is 26.5. The third kappa shape index (κ3) is 4.87. The highest BCUT2D eigenvalue weighted by Gasteiger charge is 2.42. The van der Waals surface area contributed by atoms with Crippen LogP contribution in [0.25, 0.3) is 11.0 Å². The Morgan fingerprint density at radius 1 is 1.14 bits per heavy atom. The largest absolute Gasteiger partial charge is 0.416 e. The number of anilines is 2. The van der Waals surface area contributed by atoms with Gasteiger partial charge < -0.3 is 15.6 Å². The number of halogens is 4. The van der Waals surface area contributed by atoms with Gasteiger partial charge in [0.2, 0.25) is 0 Å². The van der Waals surface area contributed by atoms with Crippen molar-refractivity contribution in [3.8, 4) is 0 Å². The van der Waals surface area contributed by atoms with Crippen LogP contribution in [0.15, 0.2) is 53.6 Å². The standard InChI is InChI=1S/C27H24ClF3N4O2/c1-14-19(28)8-5-9-20(14)33-24(37)17-12-15(13-21-22(17)35-25(34-21)26(2)10-11-26)32-23(36)16-6-3-4-7-18(16)27(29,30)31/h4-5,7-9,12-13H,3,6,10-11H2,1-2H3,(H,32,36)(H,33,37)(H,34,35). The third-order valence-electron chi connectivity index (χ3n) is 6.93. The van der Waals surface area contributed by atoms with Crippen molar-refractivity contribution in [3.63, 3.8) is 0 Å². The molecular formula is C27H24ClF3N4O2. The molecule has 3 N–H and O–H groups in total. The van der Waals surface area contributed by atoms with E-state index in [-0.39, 0.29) is 28.7 Å². The zero-order valence-corrected chi connectivity index (χ0v) is 20.9. The first kappa shape index (κ1) is 25.1. The first-order chi connectivity index (χ1) is 17.5. The highest BCUT2D eigenvalue weighted by Crippen LogP contribution is 2.47. The maximum Gasteiger partial charge on any atom is 0.416 e. The molecule has 192 valence electrons. The number of nitrogens with zero attached hydrogens (tertiary/aromatic N) is 1. The lowest BCUT2D eigenvalue weighted by molar-refractivity contribution is -0.115. The number of amides is 2. The molecule has 1 heterocycles. The van der Waals surface area contributed by atoms with Gasteiger partial charge in [-0.1, -0.05) is 36.7 Å². The van der Waals surface area contributed by atoms with Crippen LogP contribution in [0.2, 0.25) is 5.02 Å². The van der Waals surface area contributed by atoms with Crippen LogP contribution in [0.3, 0.4) is 0 Å². The summed E-state index contributed by atoms with van der Waals surface area (Å²) >= 11 is 6.19. The number of carbonyl (C=O) groups excluding carboxylic acids is 2. The normalized spacial score (nSPS) is 16.7. The number of benzene rings is 2. The Morgan fingerprint density at radius 3 is 2.59 bits per heavy atom. The molecule has 37 heavy (non-hydrogen) atoms. The van der Waals surface area contributed by atoms with Crippen LogP contribution in [0, 0.1) is 6.92 Å². The highest BCUT2D eigenvalue weighted by atomic mass is 35.5. The average molecular weight is 529 g/mol. The number of aromatic nitrogens is 2. The summed E-state index contributed by atoms with van der Waals surface area (Å²) in [5.41, 5.74) is 1.04. The molecular weight excluding hydrogens is 505 g/mol. The maximum atomic E-state index is 13.5. The van der Waals surface area contributed by atoms with Crippen molar-refractivity contribution >= 4 is 45.8 Å². The fraction of sp³-hybridized carbons (Fsp3) is 0.296. The Morgan fingerprint density at radius 2 is 1.89 bits per heavy atom. The number of hydrogen-bond acceptors (Lipinski definition) is 3. The fourth-order valence-corrected chi connectivity index (χ4v) is 4.55. The van der Waals surface area contributed by atoms with E-state index in [0.29, 0.717) is 33.7 Å². The molecule has 5 rings (SSSR count). The van der Waals surface area contributed by atoms with Crippen molar-refractivity contribution in [1.29, 1.82) is 0 Å². The zero-order valence-electron chi connectivity index (χ0n) is 20.1. The van der Waals surface area contributed by atoms with E-state index in [1.54, 1.807) is 31.2 Å². The van der Waals surface area contributed by atoms with Gasteiger partial charge >= 0.3 is 6.18 Å². The fourth-order valence-electron chi connectivity index (χ4n) is 4.38. The Hall–Kier alpha value is -3.59. The second-order valence-electron chi connectivity index (χ2n) is 9.72. The van der Waals surface area contributed by atoms with Gasteiger partial charge in [0.15, 0.2) is 0 Å². The monoisotopic (exact) mass is 528 g/mol. The first-order valence-electron chi connectivity index (χ1n) is 11.9. The minimum atomic E-state index is -4.65. The van der Waals surface area contributed by atoms with E-state index in [9.17, 15) is 22.8 Å². The minimum absolute atomic E-state index is 0.0344. The Kier molecular flexibility index (Phi) is 6.14. The molecule has 0 spiro atoms. The van der Waals surface area contributed by atoms with Gasteiger partial charge in [0.25, 0.3) is 11.8 Å². The summed E-state index contributed by atoms with van der Waals surface area (Å²) in [6.07, 6.45) is -0.125. The predicted molar refractivity (Wildman–Crippen MR) is 137 cm³/mol. The average Bonchev–Trinajstić information content (AvgIpc) is 3.44. The van der Waals surface area contributed by atoms with Crippen LogP contribution < -0.4 is 10.6 Å². The van der Waals surface area contributed by atoms with Crippen LogP contribution >= 0.6 is 11.6 Å². The molecule has 0 saturated heterocycles. The van der Waals surface area contributed by atoms with Gasteiger partial charge in [-0.2, -0.15) is 13.2 Å². The van der Waals surface area contributed by atoms with Crippen LogP contribution in [-0.4, -0.2) is 28.0 Å². The molecule has 0 radical (unpaired) electrons. The quantitative estimate of drug-likeness (QED) is 0.334. The highest BCUT2D eigenvalue weighted by molar-refractivity contribution is 6.31. The van der Waals surface area contributed by atoms with Gasteiger partial charge in [-0.05, 0) is 62.4 Å². The van der Waals surface area contributed by atoms with E-state index in [1.165, 1.54) is 12.1 Å². The number of imidazole rings is 1. The number of aromatic amines is 1. The summed E-state index contributed by atoms with van der Waals surface area (Å²) in [6, 6.07) is 8.15. The number of fused-ring (bicyclic) bond motifs is 1. The van der Waals surface area contributed by atoms with Crippen LogP contribution in [0.4, 0.5) is 24.5 Å². The third-order valence-corrected chi connectivity index (χ3v) is 7.34. The molecule has 3 aromatic rings. The molecule has 2 aliphatic carbocycles. The van der Waals surface area contributed by atoms with E-state index in [2.05, 4.69) is 27.5 Å². The molecule has 1 fully saturated rings. The number of nitrogens with one attached hydrogen (secondary N) is 3. The van der Waals surface area contributed by atoms with Crippen molar-refractivity contribution < 1.29 is 22.8 Å². The summed E-state index contributed by atoms with van der Waals surface area (Å²) in [4.78, 5) is 34.3. The van der Waals surface area contributed by atoms with Crippen molar-refractivity contribution in [3.05, 3.63) is 75.6 Å². The molecule has 10 heteroatoms. The van der Waals surface area contributed by atoms with E-state index < -0.39 is 23.6 Å². The molecule has 2 aliphatic rings. The number of H-pyrrole nitrogens is 1. The molecule has 0 unspecified atom stereocenters. The lowest BCUT2D eigenvalue weighted by Gasteiger charge is -2.18. The SMILES string of the molecule is Cc1c(Cl)cccc1NC(=O)c1cc(NC(=O)C2=C(C(F)(F)F)C=CCC2)cc2[nH]c(C3(C)CC3)nc12. The van der Waals surface area contributed by atoms with Gasteiger partial charge in [-0.3, -0.25) is 9.59 Å². The molecule has 1 aromatic heterocycles. The van der Waals surface area contributed by atoms with Crippen LogP contribution in [-0.2, 0) is 10.2 Å². The number of hydrogen-bond donors (Lipinski definition) is 3. The van der Waals surface area contributed by atoms with E-state index in [1.807, 2.05) is 0 Å². The maximum absolute atomic E-state index is 13.5. The second kappa shape index (κ2) is 9.06. The molecule has 6 nitrogen and oxygen atoms in total. The number of allylic oxidation sites excluding steroid dienone is 3. The molecule has 2 aromatic carbocycles. The minimum Gasteiger partial charge on any atom is -0.341 e. The Bertz CT molecular complexity index is 1500. The summed E-state index contributed by atoms with van der Waals surface area (Å²) in [7, 11) is 0. The van der Waals surface area contributed by atoms with Crippen molar-refractivity contribution in [2.45, 2.75) is 51.1 Å².